The van der Waals surface area contributed by atoms with E-state index in [2.05, 4.69) is 0 Å². The fraction of sp³-hybridized carbons (Fsp3) is 0.571. The normalized spacial score (nSPS) is 15.6. The Hall–Kier alpha value is -0.930. The van der Waals surface area contributed by atoms with E-state index >= 15 is 0 Å². The first-order valence-corrected chi connectivity index (χ1v) is 6.53. The minimum absolute atomic E-state index is 0.461. The third-order valence-corrected chi connectivity index (χ3v) is 3.37. The van der Waals surface area contributed by atoms with E-state index in [0.717, 1.165) is 5.56 Å². The lowest BCUT2D eigenvalue weighted by Crippen LogP contribution is -2.16. The lowest BCUT2D eigenvalue weighted by molar-refractivity contribution is 0.0781. The second-order valence-electron chi connectivity index (χ2n) is 5.30. The summed E-state index contributed by atoms with van der Waals surface area (Å²) in [6.45, 7) is 4.12. The van der Waals surface area contributed by atoms with Crippen LogP contribution in [0.25, 0.3) is 0 Å². The maximum absolute atomic E-state index is 10.0. The average Bonchev–Trinajstić information content (AvgIpc) is 3.08. The molecule has 0 radical (unpaired) electrons. The molecule has 0 unspecified atom stereocenters. The van der Waals surface area contributed by atoms with Crippen LogP contribution in [-0.4, -0.2) is 18.8 Å². The SMILES string of the molecule is COc1c(Cl)cc(C(C)(C)O)cc1OCC1CC1. The van der Waals surface area contributed by atoms with Gasteiger partial charge in [-0.1, -0.05) is 11.6 Å². The lowest BCUT2D eigenvalue weighted by Gasteiger charge is -2.21. The number of rotatable bonds is 5. The minimum atomic E-state index is -0.951. The molecule has 100 valence electrons. The number of halogens is 1. The summed E-state index contributed by atoms with van der Waals surface area (Å²) in [5.74, 6) is 1.79. The number of ether oxygens (including phenoxy) is 2. The van der Waals surface area contributed by atoms with Crippen LogP contribution in [0.1, 0.15) is 32.3 Å². The van der Waals surface area contributed by atoms with E-state index in [1.807, 2.05) is 0 Å². The molecule has 1 aromatic rings. The molecule has 0 aromatic heterocycles. The summed E-state index contributed by atoms with van der Waals surface area (Å²) in [7, 11) is 1.56. The summed E-state index contributed by atoms with van der Waals surface area (Å²) in [5, 5.41) is 10.5. The van der Waals surface area contributed by atoms with Gasteiger partial charge in [0, 0.05) is 0 Å². The highest BCUT2D eigenvalue weighted by Crippen LogP contribution is 2.40. The molecule has 1 saturated carbocycles. The van der Waals surface area contributed by atoms with Gasteiger partial charge in [-0.25, -0.2) is 0 Å². The van der Waals surface area contributed by atoms with Gasteiger partial charge in [0.1, 0.15) is 0 Å². The molecule has 3 nitrogen and oxygen atoms in total. The van der Waals surface area contributed by atoms with E-state index < -0.39 is 5.60 Å². The van der Waals surface area contributed by atoms with Crippen LogP contribution in [0.15, 0.2) is 12.1 Å². The van der Waals surface area contributed by atoms with Crippen LogP contribution < -0.4 is 9.47 Å². The topological polar surface area (TPSA) is 38.7 Å². The molecule has 0 aliphatic heterocycles. The second kappa shape index (κ2) is 4.98. The third kappa shape index (κ3) is 3.09. The van der Waals surface area contributed by atoms with Gasteiger partial charge in [0.05, 0.1) is 24.3 Å². The van der Waals surface area contributed by atoms with Crippen molar-refractivity contribution in [3.8, 4) is 11.5 Å². The Bertz CT molecular complexity index is 433. The molecular weight excluding hydrogens is 252 g/mol. The van der Waals surface area contributed by atoms with Gasteiger partial charge >= 0.3 is 0 Å². The Balaban J connectivity index is 2.29. The van der Waals surface area contributed by atoms with Crippen molar-refractivity contribution in [1.29, 1.82) is 0 Å². The molecule has 4 heteroatoms. The zero-order chi connectivity index (χ0) is 13.3. The molecule has 0 atom stereocenters. The first-order valence-electron chi connectivity index (χ1n) is 6.15. The molecule has 0 amide bonds. The summed E-state index contributed by atoms with van der Waals surface area (Å²) in [6.07, 6.45) is 2.45. The summed E-state index contributed by atoms with van der Waals surface area (Å²) >= 11 is 6.16. The first-order chi connectivity index (χ1) is 8.41. The van der Waals surface area contributed by atoms with Gasteiger partial charge < -0.3 is 14.6 Å². The Kier molecular flexibility index (Phi) is 3.74. The monoisotopic (exact) mass is 270 g/mol. The van der Waals surface area contributed by atoms with Gasteiger partial charge in [0.2, 0.25) is 0 Å². The summed E-state index contributed by atoms with van der Waals surface area (Å²) in [5.41, 5.74) is -0.229. The van der Waals surface area contributed by atoms with Crippen molar-refractivity contribution in [3.05, 3.63) is 22.7 Å². The third-order valence-electron chi connectivity index (χ3n) is 3.09. The van der Waals surface area contributed by atoms with Crippen molar-refractivity contribution in [2.75, 3.05) is 13.7 Å². The molecule has 1 N–H and O–H groups in total. The van der Waals surface area contributed by atoms with Crippen LogP contribution in [0.5, 0.6) is 11.5 Å². The zero-order valence-corrected chi connectivity index (χ0v) is 11.8. The predicted octanol–water partition coefficient (Wildman–Crippen LogP) is 3.36. The molecule has 18 heavy (non-hydrogen) atoms. The smallest absolute Gasteiger partial charge is 0.179 e. The molecule has 1 aliphatic carbocycles. The fourth-order valence-corrected chi connectivity index (χ4v) is 2.01. The van der Waals surface area contributed by atoms with Gasteiger partial charge in [0.25, 0.3) is 0 Å². The Morgan fingerprint density at radius 3 is 2.56 bits per heavy atom. The van der Waals surface area contributed by atoms with Crippen LogP contribution in [0.2, 0.25) is 5.02 Å². The Morgan fingerprint density at radius 2 is 2.06 bits per heavy atom. The second-order valence-corrected chi connectivity index (χ2v) is 5.71. The molecule has 1 aliphatic rings. The molecule has 1 fully saturated rings. The highest BCUT2D eigenvalue weighted by Gasteiger charge is 2.25. The van der Waals surface area contributed by atoms with E-state index in [9.17, 15) is 5.11 Å². The summed E-state index contributed by atoms with van der Waals surface area (Å²) < 4.78 is 11.0. The lowest BCUT2D eigenvalue weighted by atomic mass is 9.98. The molecule has 2 rings (SSSR count). The van der Waals surface area contributed by atoms with E-state index in [4.69, 9.17) is 21.1 Å². The first kappa shape index (κ1) is 13.5. The van der Waals surface area contributed by atoms with Crippen LogP contribution in [0, 0.1) is 5.92 Å². The van der Waals surface area contributed by atoms with Crippen LogP contribution >= 0.6 is 11.6 Å². The van der Waals surface area contributed by atoms with Gasteiger partial charge in [-0.3, -0.25) is 0 Å². The van der Waals surface area contributed by atoms with Crippen molar-refractivity contribution >= 4 is 11.6 Å². The molecule has 0 saturated heterocycles. The quantitative estimate of drug-likeness (QED) is 0.892. The Labute approximate surface area is 113 Å². The van der Waals surface area contributed by atoms with Gasteiger partial charge in [-0.2, -0.15) is 0 Å². The predicted molar refractivity (Wildman–Crippen MR) is 71.5 cm³/mol. The molecular formula is C14H19ClO3. The van der Waals surface area contributed by atoms with Crippen LogP contribution in [-0.2, 0) is 5.60 Å². The molecule has 0 bridgehead atoms. The van der Waals surface area contributed by atoms with E-state index in [1.165, 1.54) is 12.8 Å². The number of hydrogen-bond acceptors (Lipinski definition) is 3. The van der Waals surface area contributed by atoms with Crippen LogP contribution in [0.3, 0.4) is 0 Å². The van der Waals surface area contributed by atoms with E-state index in [1.54, 1.807) is 33.1 Å². The highest BCUT2D eigenvalue weighted by molar-refractivity contribution is 6.32. The number of methoxy groups -OCH3 is 1. The molecule has 0 spiro atoms. The largest absolute Gasteiger partial charge is 0.491 e. The fourth-order valence-electron chi connectivity index (χ4n) is 1.72. The zero-order valence-electron chi connectivity index (χ0n) is 11.0. The maximum atomic E-state index is 10.0. The van der Waals surface area contributed by atoms with Crippen LogP contribution in [0.4, 0.5) is 0 Å². The van der Waals surface area contributed by atoms with Crippen molar-refractivity contribution in [2.45, 2.75) is 32.3 Å². The summed E-state index contributed by atoms with van der Waals surface area (Å²) in [6, 6.07) is 3.51. The van der Waals surface area contributed by atoms with Crippen molar-refractivity contribution in [1.82, 2.24) is 0 Å². The Morgan fingerprint density at radius 1 is 1.39 bits per heavy atom. The molecule has 1 aromatic carbocycles. The highest BCUT2D eigenvalue weighted by atomic mass is 35.5. The van der Waals surface area contributed by atoms with E-state index in [0.29, 0.717) is 29.0 Å². The average molecular weight is 271 g/mol. The van der Waals surface area contributed by atoms with Gasteiger partial charge in [-0.15, -0.1) is 0 Å². The number of benzene rings is 1. The standard InChI is InChI=1S/C14H19ClO3/c1-14(2,16)10-6-11(15)13(17-3)12(7-10)18-8-9-4-5-9/h6-7,9,16H,4-5,8H2,1-3H3. The van der Waals surface area contributed by atoms with Crippen molar-refractivity contribution < 1.29 is 14.6 Å². The number of aliphatic hydroxyl groups is 1. The molecule has 0 heterocycles. The van der Waals surface area contributed by atoms with Crippen molar-refractivity contribution in [2.24, 2.45) is 5.92 Å². The van der Waals surface area contributed by atoms with E-state index in [-0.39, 0.29) is 0 Å². The number of hydrogen-bond donors (Lipinski definition) is 1. The van der Waals surface area contributed by atoms with Gasteiger partial charge in [0.15, 0.2) is 11.5 Å². The summed E-state index contributed by atoms with van der Waals surface area (Å²) in [4.78, 5) is 0. The minimum Gasteiger partial charge on any atom is -0.491 e. The van der Waals surface area contributed by atoms with Crippen molar-refractivity contribution in [3.63, 3.8) is 0 Å². The maximum Gasteiger partial charge on any atom is 0.179 e. The van der Waals surface area contributed by atoms with Gasteiger partial charge in [-0.05, 0) is 50.3 Å².